The number of rotatable bonds is 4. The van der Waals surface area contributed by atoms with Crippen molar-refractivity contribution in [2.24, 2.45) is 0 Å². The Hall–Kier alpha value is -2.96. The number of amides is 1. The van der Waals surface area contributed by atoms with Gasteiger partial charge < -0.3 is 5.32 Å². The lowest BCUT2D eigenvalue weighted by Gasteiger charge is -2.08. The maximum Gasteiger partial charge on any atom is 0.288 e. The van der Waals surface area contributed by atoms with Crippen molar-refractivity contribution in [2.75, 3.05) is 5.32 Å². The summed E-state index contributed by atoms with van der Waals surface area (Å²) in [6.45, 7) is 3.09. The second kappa shape index (κ2) is 6.21. The predicted molar refractivity (Wildman–Crippen MR) is 81.9 cm³/mol. The molecule has 0 aliphatic heterocycles. The summed E-state index contributed by atoms with van der Waals surface area (Å²) in [6.07, 6.45) is 1.09. The molecule has 22 heavy (non-hydrogen) atoms. The van der Waals surface area contributed by atoms with E-state index in [-0.39, 0.29) is 17.8 Å². The smallest absolute Gasteiger partial charge is 0.288 e. The van der Waals surface area contributed by atoms with Gasteiger partial charge in [0, 0.05) is 17.3 Å². The van der Waals surface area contributed by atoms with Crippen LogP contribution in [0.2, 0.25) is 0 Å². The number of nitrogens with zero attached hydrogens (tertiary/aromatic N) is 2. The lowest BCUT2D eigenvalue weighted by Crippen LogP contribution is -2.27. The van der Waals surface area contributed by atoms with E-state index in [1.807, 2.05) is 13.0 Å². The molecule has 0 aliphatic rings. The first-order valence-corrected chi connectivity index (χ1v) is 6.59. The van der Waals surface area contributed by atoms with Gasteiger partial charge in [-0.15, -0.1) is 0 Å². The number of benzene rings is 1. The largest absolute Gasteiger partial charge is 0.325 e. The van der Waals surface area contributed by atoms with Gasteiger partial charge in [0.25, 0.3) is 11.2 Å². The van der Waals surface area contributed by atoms with Gasteiger partial charge in [-0.2, -0.15) is 0 Å². The van der Waals surface area contributed by atoms with Crippen LogP contribution < -0.4 is 10.9 Å². The van der Waals surface area contributed by atoms with Crippen molar-refractivity contribution in [3.8, 4) is 0 Å². The van der Waals surface area contributed by atoms with E-state index in [9.17, 15) is 19.7 Å². The molecule has 0 spiro atoms. The molecule has 7 nitrogen and oxygen atoms in total. The number of nitro groups is 1. The molecule has 7 heteroatoms. The molecule has 1 aromatic carbocycles. The number of aryl methyl sites for hydroxylation is 2. The highest BCUT2D eigenvalue weighted by Gasteiger charge is 2.14. The summed E-state index contributed by atoms with van der Waals surface area (Å²) in [5.41, 5.74) is 1.22. The van der Waals surface area contributed by atoms with Crippen LogP contribution in [0.5, 0.6) is 0 Å². The fraction of sp³-hybridized carbons (Fsp3) is 0.200. The fourth-order valence-corrected chi connectivity index (χ4v) is 2.05. The Morgan fingerprint density at radius 1 is 1.32 bits per heavy atom. The van der Waals surface area contributed by atoms with Gasteiger partial charge in [-0.25, -0.2) is 0 Å². The second-order valence-corrected chi connectivity index (χ2v) is 4.98. The van der Waals surface area contributed by atoms with Gasteiger partial charge in [-0.3, -0.25) is 24.3 Å². The molecule has 0 bridgehead atoms. The third-order valence-corrected chi connectivity index (χ3v) is 3.12. The highest BCUT2D eigenvalue weighted by Crippen LogP contribution is 2.14. The highest BCUT2D eigenvalue weighted by molar-refractivity contribution is 5.90. The highest BCUT2D eigenvalue weighted by atomic mass is 16.6. The third-order valence-electron chi connectivity index (χ3n) is 3.12. The predicted octanol–water partition coefficient (Wildman–Crippen LogP) is 2.01. The summed E-state index contributed by atoms with van der Waals surface area (Å²) < 4.78 is 1.02. The molecule has 1 aromatic heterocycles. The molecule has 1 N–H and O–H groups in total. The van der Waals surface area contributed by atoms with Crippen molar-refractivity contribution in [3.05, 3.63) is 68.1 Å². The maximum absolute atomic E-state index is 12.0. The minimum atomic E-state index is -0.580. The van der Waals surface area contributed by atoms with Crippen molar-refractivity contribution in [2.45, 2.75) is 20.4 Å². The van der Waals surface area contributed by atoms with Gasteiger partial charge in [0.15, 0.2) is 0 Å². The number of pyridine rings is 1. The fourth-order valence-electron chi connectivity index (χ4n) is 2.05. The minimum Gasteiger partial charge on any atom is -0.325 e. The summed E-state index contributed by atoms with van der Waals surface area (Å²) >= 11 is 0. The first-order valence-electron chi connectivity index (χ1n) is 6.59. The van der Waals surface area contributed by atoms with Crippen LogP contribution in [-0.2, 0) is 11.3 Å². The lowest BCUT2D eigenvalue weighted by molar-refractivity contribution is -0.385. The van der Waals surface area contributed by atoms with E-state index in [0.717, 1.165) is 22.4 Å². The van der Waals surface area contributed by atoms with Gasteiger partial charge in [-0.1, -0.05) is 12.1 Å². The molecule has 0 unspecified atom stereocenters. The maximum atomic E-state index is 12.0. The SMILES string of the molecule is Cc1cccc(NC(=O)Cn2cc([N+](=O)[O-])c(C)cc2=O)c1. The van der Waals surface area contributed by atoms with Crippen molar-refractivity contribution >= 4 is 17.3 Å². The van der Waals surface area contributed by atoms with Crippen LogP contribution in [0.15, 0.2) is 41.3 Å². The van der Waals surface area contributed by atoms with Crippen molar-refractivity contribution in [1.82, 2.24) is 4.57 Å². The Morgan fingerprint density at radius 3 is 2.68 bits per heavy atom. The average Bonchev–Trinajstić information content (AvgIpc) is 2.41. The molecule has 1 heterocycles. The van der Waals surface area contributed by atoms with Crippen LogP contribution in [0.1, 0.15) is 11.1 Å². The van der Waals surface area contributed by atoms with E-state index in [0.29, 0.717) is 5.69 Å². The van der Waals surface area contributed by atoms with Gasteiger partial charge in [0.2, 0.25) is 5.91 Å². The molecule has 2 rings (SSSR count). The zero-order valence-electron chi connectivity index (χ0n) is 12.2. The molecule has 0 saturated heterocycles. The number of hydrogen-bond acceptors (Lipinski definition) is 4. The standard InChI is InChI=1S/C15H15N3O4/c1-10-4-3-5-12(6-10)16-14(19)9-17-8-13(18(21)22)11(2)7-15(17)20/h3-8H,9H2,1-2H3,(H,16,19). The number of carbonyl (C=O) groups is 1. The first kappa shape index (κ1) is 15.4. The number of anilines is 1. The third kappa shape index (κ3) is 3.57. The van der Waals surface area contributed by atoms with E-state index in [1.54, 1.807) is 18.2 Å². The Labute approximate surface area is 126 Å². The van der Waals surface area contributed by atoms with Gasteiger partial charge in [0.05, 0.1) is 11.1 Å². The zero-order chi connectivity index (χ0) is 16.3. The zero-order valence-corrected chi connectivity index (χ0v) is 12.2. The summed E-state index contributed by atoms with van der Waals surface area (Å²) in [5, 5.41) is 13.5. The quantitative estimate of drug-likeness (QED) is 0.690. The lowest BCUT2D eigenvalue weighted by atomic mass is 10.2. The van der Waals surface area contributed by atoms with E-state index >= 15 is 0 Å². The molecule has 114 valence electrons. The van der Waals surface area contributed by atoms with Crippen LogP contribution in [0.3, 0.4) is 0 Å². The van der Waals surface area contributed by atoms with Crippen LogP contribution in [0.25, 0.3) is 0 Å². The monoisotopic (exact) mass is 301 g/mol. The molecule has 0 fully saturated rings. The summed E-state index contributed by atoms with van der Waals surface area (Å²) in [5.74, 6) is -0.425. The Balaban J connectivity index is 2.20. The normalized spacial score (nSPS) is 10.3. The topological polar surface area (TPSA) is 94.2 Å². The molecule has 0 radical (unpaired) electrons. The summed E-state index contributed by atoms with van der Waals surface area (Å²) in [7, 11) is 0. The van der Waals surface area contributed by atoms with Gasteiger partial charge >= 0.3 is 0 Å². The molecular weight excluding hydrogens is 286 g/mol. The Kier molecular flexibility index (Phi) is 4.36. The first-order chi connectivity index (χ1) is 10.4. The number of nitrogens with one attached hydrogen (secondary N) is 1. The number of aromatic nitrogens is 1. The Bertz CT molecular complexity index is 796. The van der Waals surface area contributed by atoms with Crippen LogP contribution in [0.4, 0.5) is 11.4 Å². The molecule has 0 atom stereocenters. The summed E-state index contributed by atoms with van der Waals surface area (Å²) in [4.78, 5) is 34.1. The van der Waals surface area contributed by atoms with Crippen LogP contribution in [-0.4, -0.2) is 15.4 Å². The molecule has 2 aromatic rings. The van der Waals surface area contributed by atoms with Crippen LogP contribution >= 0.6 is 0 Å². The number of carbonyl (C=O) groups excluding carboxylic acids is 1. The second-order valence-electron chi connectivity index (χ2n) is 4.98. The van der Waals surface area contributed by atoms with Crippen LogP contribution in [0, 0.1) is 24.0 Å². The Morgan fingerprint density at radius 2 is 2.05 bits per heavy atom. The molecule has 0 saturated carbocycles. The van der Waals surface area contributed by atoms with Crippen molar-refractivity contribution in [1.29, 1.82) is 0 Å². The summed E-state index contributed by atoms with van der Waals surface area (Å²) in [6, 6.07) is 8.36. The molecule has 1 amide bonds. The molecule has 0 aliphatic carbocycles. The van der Waals surface area contributed by atoms with Crippen molar-refractivity contribution in [3.63, 3.8) is 0 Å². The minimum absolute atomic E-state index is 0.192. The van der Waals surface area contributed by atoms with Crippen molar-refractivity contribution < 1.29 is 9.72 Å². The van der Waals surface area contributed by atoms with E-state index < -0.39 is 16.4 Å². The van der Waals surface area contributed by atoms with Gasteiger partial charge in [-0.05, 0) is 31.5 Å². The van der Waals surface area contributed by atoms with E-state index in [1.165, 1.54) is 6.92 Å². The van der Waals surface area contributed by atoms with Gasteiger partial charge in [0.1, 0.15) is 6.54 Å². The molecular formula is C15H15N3O4. The average molecular weight is 301 g/mol. The van der Waals surface area contributed by atoms with E-state index in [2.05, 4.69) is 5.32 Å². The van der Waals surface area contributed by atoms with E-state index in [4.69, 9.17) is 0 Å². The number of hydrogen-bond donors (Lipinski definition) is 1.